The van der Waals surface area contributed by atoms with E-state index in [2.05, 4.69) is 31.1 Å². The molecule has 1 atom stereocenters. The van der Waals surface area contributed by atoms with E-state index in [-0.39, 0.29) is 6.10 Å². The molecule has 1 heterocycles. The molecule has 1 rings (SSSR count). The van der Waals surface area contributed by atoms with Crippen LogP contribution in [-0.2, 0) is 11.3 Å². The van der Waals surface area contributed by atoms with Gasteiger partial charge >= 0.3 is 0 Å². The van der Waals surface area contributed by atoms with Crippen LogP contribution < -0.4 is 5.32 Å². The maximum atomic E-state index is 5.70. The predicted molar refractivity (Wildman–Crippen MR) is 62.9 cm³/mol. The summed E-state index contributed by atoms with van der Waals surface area (Å²) in [7, 11) is 1.86. The molecule has 1 aromatic heterocycles. The Morgan fingerprint density at radius 2 is 2.07 bits per heavy atom. The molecule has 0 aromatic carbocycles. The fraction of sp³-hybridized carbons (Fsp3) is 0.583. The highest BCUT2D eigenvalue weighted by atomic mass is 16.5. The lowest BCUT2D eigenvalue weighted by atomic mass is 10.1. The van der Waals surface area contributed by atoms with Crippen LogP contribution in [0, 0.1) is 5.92 Å². The molecule has 0 amide bonds. The van der Waals surface area contributed by atoms with Gasteiger partial charge in [0.15, 0.2) is 0 Å². The largest absolute Gasteiger partial charge is 0.374 e. The first kappa shape index (κ1) is 12.0. The lowest BCUT2D eigenvalue weighted by Crippen LogP contribution is -2.15. The summed E-state index contributed by atoms with van der Waals surface area (Å²) in [6.45, 7) is 7.05. The van der Waals surface area contributed by atoms with E-state index < -0.39 is 0 Å². The Kier molecular flexibility index (Phi) is 4.56. The van der Waals surface area contributed by atoms with Crippen LogP contribution in [0.2, 0.25) is 0 Å². The van der Waals surface area contributed by atoms with Crippen molar-refractivity contribution in [2.75, 3.05) is 12.4 Å². The second-order valence-corrected chi connectivity index (χ2v) is 4.06. The number of anilines is 1. The van der Waals surface area contributed by atoms with Gasteiger partial charge in [0.05, 0.1) is 12.7 Å². The van der Waals surface area contributed by atoms with Crippen molar-refractivity contribution < 1.29 is 4.74 Å². The molecule has 0 aliphatic heterocycles. The van der Waals surface area contributed by atoms with Crippen molar-refractivity contribution in [2.24, 2.45) is 5.92 Å². The molecule has 0 aliphatic carbocycles. The Hall–Kier alpha value is -1.09. The van der Waals surface area contributed by atoms with E-state index in [1.165, 1.54) is 0 Å². The number of pyridine rings is 1. The van der Waals surface area contributed by atoms with Gasteiger partial charge in [0.25, 0.3) is 0 Å². The van der Waals surface area contributed by atoms with Gasteiger partial charge in [-0.2, -0.15) is 0 Å². The molecular weight excluding hydrogens is 188 g/mol. The van der Waals surface area contributed by atoms with Gasteiger partial charge in [-0.05, 0) is 24.5 Å². The second kappa shape index (κ2) is 5.71. The highest BCUT2D eigenvalue weighted by molar-refractivity contribution is 5.34. The van der Waals surface area contributed by atoms with Gasteiger partial charge in [0.2, 0.25) is 0 Å². The Labute approximate surface area is 91.9 Å². The van der Waals surface area contributed by atoms with Crippen LogP contribution in [0.1, 0.15) is 26.3 Å². The average molecular weight is 208 g/mol. The summed E-state index contributed by atoms with van der Waals surface area (Å²) in [4.78, 5) is 4.23. The van der Waals surface area contributed by atoms with Crippen molar-refractivity contribution in [3.63, 3.8) is 0 Å². The van der Waals surface area contributed by atoms with Gasteiger partial charge in [-0.3, -0.25) is 0 Å². The molecule has 3 nitrogen and oxygen atoms in total. The zero-order chi connectivity index (χ0) is 11.3. The van der Waals surface area contributed by atoms with Crippen molar-refractivity contribution in [3.8, 4) is 0 Å². The number of hydrogen-bond acceptors (Lipinski definition) is 3. The van der Waals surface area contributed by atoms with E-state index in [0.29, 0.717) is 12.5 Å². The molecule has 0 radical (unpaired) electrons. The van der Waals surface area contributed by atoms with Crippen LogP contribution in [0.3, 0.4) is 0 Å². The van der Waals surface area contributed by atoms with E-state index in [4.69, 9.17) is 4.74 Å². The van der Waals surface area contributed by atoms with Crippen molar-refractivity contribution in [1.29, 1.82) is 0 Å². The number of hydrogen-bond donors (Lipinski definition) is 1. The van der Waals surface area contributed by atoms with Gasteiger partial charge < -0.3 is 10.1 Å². The molecule has 0 saturated carbocycles. The Balaban J connectivity index is 2.44. The molecule has 0 aliphatic rings. The second-order valence-electron chi connectivity index (χ2n) is 4.06. The molecule has 0 fully saturated rings. The van der Waals surface area contributed by atoms with E-state index in [9.17, 15) is 0 Å². The van der Waals surface area contributed by atoms with Gasteiger partial charge in [-0.25, -0.2) is 4.98 Å². The minimum atomic E-state index is 0.286. The minimum Gasteiger partial charge on any atom is -0.374 e. The molecule has 0 bridgehead atoms. The zero-order valence-corrected chi connectivity index (χ0v) is 9.95. The van der Waals surface area contributed by atoms with Crippen LogP contribution in [0.5, 0.6) is 0 Å². The monoisotopic (exact) mass is 208 g/mol. The molecular formula is C12H20N2O. The predicted octanol–water partition coefficient (Wildman–Crippen LogP) is 2.68. The van der Waals surface area contributed by atoms with Gasteiger partial charge in [0.1, 0.15) is 5.82 Å². The first-order valence-corrected chi connectivity index (χ1v) is 5.37. The first-order valence-electron chi connectivity index (χ1n) is 5.37. The summed E-state index contributed by atoms with van der Waals surface area (Å²) in [5.41, 5.74) is 1.11. The third-order valence-corrected chi connectivity index (χ3v) is 2.53. The summed E-state index contributed by atoms with van der Waals surface area (Å²) < 4.78 is 5.70. The number of ether oxygens (including phenoxy) is 1. The molecule has 1 aromatic rings. The fourth-order valence-electron chi connectivity index (χ4n) is 1.08. The quantitative estimate of drug-likeness (QED) is 0.807. The maximum Gasteiger partial charge on any atom is 0.125 e. The lowest BCUT2D eigenvalue weighted by Gasteiger charge is -2.16. The molecule has 84 valence electrons. The van der Waals surface area contributed by atoms with Crippen molar-refractivity contribution in [3.05, 3.63) is 23.9 Å². The molecule has 15 heavy (non-hydrogen) atoms. The topological polar surface area (TPSA) is 34.1 Å². The van der Waals surface area contributed by atoms with E-state index in [0.717, 1.165) is 11.4 Å². The number of aromatic nitrogens is 1. The summed E-state index contributed by atoms with van der Waals surface area (Å²) in [6.07, 6.45) is 2.13. The molecule has 1 N–H and O–H groups in total. The normalized spacial score (nSPS) is 12.9. The third kappa shape index (κ3) is 3.88. The highest BCUT2D eigenvalue weighted by Gasteiger charge is 2.07. The van der Waals surface area contributed by atoms with Gasteiger partial charge in [-0.15, -0.1) is 0 Å². The minimum absolute atomic E-state index is 0.286. The smallest absolute Gasteiger partial charge is 0.125 e. The maximum absolute atomic E-state index is 5.70. The van der Waals surface area contributed by atoms with Crippen LogP contribution in [0.4, 0.5) is 5.82 Å². The van der Waals surface area contributed by atoms with Gasteiger partial charge in [0, 0.05) is 13.2 Å². The molecule has 0 saturated heterocycles. The van der Waals surface area contributed by atoms with Crippen molar-refractivity contribution in [1.82, 2.24) is 4.98 Å². The SMILES string of the molecule is CNc1ccc(COC(C)C(C)C)cn1. The summed E-state index contributed by atoms with van der Waals surface area (Å²) in [5, 5.41) is 2.99. The fourth-order valence-corrected chi connectivity index (χ4v) is 1.08. The van der Waals surface area contributed by atoms with E-state index in [1.807, 2.05) is 25.4 Å². The summed E-state index contributed by atoms with van der Waals surface area (Å²) in [6, 6.07) is 3.99. The molecule has 1 unspecified atom stereocenters. The van der Waals surface area contributed by atoms with E-state index >= 15 is 0 Å². The first-order chi connectivity index (χ1) is 7.13. The van der Waals surface area contributed by atoms with E-state index in [1.54, 1.807) is 0 Å². The number of rotatable bonds is 5. The highest BCUT2D eigenvalue weighted by Crippen LogP contribution is 2.10. The van der Waals surface area contributed by atoms with Crippen LogP contribution in [0.25, 0.3) is 0 Å². The zero-order valence-electron chi connectivity index (χ0n) is 9.95. The average Bonchev–Trinajstić information content (AvgIpc) is 2.26. The third-order valence-electron chi connectivity index (χ3n) is 2.53. The van der Waals surface area contributed by atoms with Crippen molar-refractivity contribution in [2.45, 2.75) is 33.5 Å². The van der Waals surface area contributed by atoms with Crippen LogP contribution in [-0.4, -0.2) is 18.1 Å². The summed E-state index contributed by atoms with van der Waals surface area (Å²) in [5.74, 6) is 1.44. The molecule has 3 heteroatoms. The standard InChI is InChI=1S/C12H20N2O/c1-9(2)10(3)15-8-11-5-6-12(13-4)14-7-11/h5-7,9-10H,8H2,1-4H3,(H,13,14). The number of nitrogens with zero attached hydrogens (tertiary/aromatic N) is 1. The van der Waals surface area contributed by atoms with Crippen LogP contribution in [0.15, 0.2) is 18.3 Å². The Morgan fingerprint density at radius 1 is 1.33 bits per heavy atom. The Morgan fingerprint density at radius 3 is 2.53 bits per heavy atom. The lowest BCUT2D eigenvalue weighted by molar-refractivity contribution is 0.0234. The van der Waals surface area contributed by atoms with Gasteiger partial charge in [-0.1, -0.05) is 19.9 Å². The van der Waals surface area contributed by atoms with Crippen LogP contribution >= 0.6 is 0 Å². The number of nitrogens with one attached hydrogen (secondary N) is 1. The van der Waals surface area contributed by atoms with Crippen molar-refractivity contribution >= 4 is 5.82 Å². The molecule has 0 spiro atoms. The summed E-state index contributed by atoms with van der Waals surface area (Å²) >= 11 is 0. The Bertz CT molecular complexity index is 282.